The van der Waals surface area contributed by atoms with Gasteiger partial charge in [0.2, 0.25) is 11.8 Å². The lowest BCUT2D eigenvalue weighted by atomic mass is 9.79. The highest BCUT2D eigenvalue weighted by atomic mass is 16.5. The van der Waals surface area contributed by atoms with E-state index in [4.69, 9.17) is 4.74 Å². The fourth-order valence-electron chi connectivity index (χ4n) is 5.98. The van der Waals surface area contributed by atoms with Crippen LogP contribution < -0.4 is 10.2 Å². The maximum absolute atomic E-state index is 13.0. The van der Waals surface area contributed by atoms with Gasteiger partial charge in [-0.15, -0.1) is 0 Å². The number of piperazine rings is 1. The first-order chi connectivity index (χ1) is 17.3. The summed E-state index contributed by atoms with van der Waals surface area (Å²) in [7, 11) is 1.43. The number of methoxy groups -OCH3 is 1. The number of amides is 4. The van der Waals surface area contributed by atoms with Gasteiger partial charge in [0.25, 0.3) is 5.91 Å². The van der Waals surface area contributed by atoms with Crippen LogP contribution in [0.3, 0.4) is 0 Å². The Morgan fingerprint density at radius 3 is 2.47 bits per heavy atom. The fourth-order valence-corrected chi connectivity index (χ4v) is 5.98. The van der Waals surface area contributed by atoms with E-state index in [1.807, 2.05) is 12.1 Å². The second-order valence-electron chi connectivity index (χ2n) is 10.8. The van der Waals surface area contributed by atoms with Crippen molar-refractivity contribution in [3.8, 4) is 0 Å². The Kier molecular flexibility index (Phi) is 6.63. The monoisotopic (exact) mass is 497 g/mol. The average Bonchev–Trinajstić information content (AvgIpc) is 3.19. The summed E-state index contributed by atoms with van der Waals surface area (Å²) in [4.78, 5) is 56.7. The molecule has 4 aliphatic rings. The molecule has 1 atom stereocenters. The Hall–Kier alpha value is -3.14. The number of imide groups is 1. The molecule has 1 aromatic rings. The van der Waals surface area contributed by atoms with E-state index < -0.39 is 6.04 Å². The van der Waals surface area contributed by atoms with Gasteiger partial charge in [0.15, 0.2) is 0 Å². The molecular weight excluding hydrogens is 462 g/mol. The quantitative estimate of drug-likeness (QED) is 0.628. The van der Waals surface area contributed by atoms with Crippen LogP contribution in [0.25, 0.3) is 0 Å². The minimum atomic E-state index is -0.587. The zero-order chi connectivity index (χ0) is 25.4. The van der Waals surface area contributed by atoms with Crippen LogP contribution in [-0.4, -0.2) is 97.5 Å². The number of hydrogen-bond acceptors (Lipinski definition) is 7. The van der Waals surface area contributed by atoms with Gasteiger partial charge in [-0.1, -0.05) is 6.92 Å². The molecule has 4 amide bonds. The third-order valence-electron chi connectivity index (χ3n) is 8.25. The van der Waals surface area contributed by atoms with E-state index in [9.17, 15) is 19.2 Å². The number of carbonyl (C=O) groups is 4. The maximum atomic E-state index is 13.0. The molecule has 1 unspecified atom stereocenters. The summed E-state index contributed by atoms with van der Waals surface area (Å²) in [5.41, 5.74) is 2.93. The highest BCUT2D eigenvalue weighted by Crippen LogP contribution is 2.36. The van der Waals surface area contributed by atoms with Crippen LogP contribution in [0.5, 0.6) is 0 Å². The molecule has 4 heterocycles. The van der Waals surface area contributed by atoms with Gasteiger partial charge < -0.3 is 19.4 Å². The Labute approximate surface area is 211 Å². The molecule has 5 rings (SSSR count). The van der Waals surface area contributed by atoms with Crippen LogP contribution in [0.2, 0.25) is 0 Å². The fraction of sp³-hybridized carbons (Fsp3) is 0.615. The molecule has 3 saturated heterocycles. The number of fused-ring (bicyclic) bond motifs is 1. The summed E-state index contributed by atoms with van der Waals surface area (Å²) < 4.78 is 4.84. The number of benzene rings is 1. The summed E-state index contributed by atoms with van der Waals surface area (Å²) in [5, 5.41) is 2.36. The van der Waals surface area contributed by atoms with Crippen molar-refractivity contribution in [1.82, 2.24) is 20.0 Å². The third kappa shape index (κ3) is 4.78. The van der Waals surface area contributed by atoms with E-state index >= 15 is 0 Å². The molecule has 0 bridgehead atoms. The van der Waals surface area contributed by atoms with Crippen LogP contribution in [-0.2, 0) is 20.9 Å². The predicted molar refractivity (Wildman–Crippen MR) is 132 cm³/mol. The third-order valence-corrected chi connectivity index (χ3v) is 8.25. The van der Waals surface area contributed by atoms with Crippen molar-refractivity contribution in [2.24, 2.45) is 5.41 Å². The molecule has 1 N–H and O–H groups in total. The Balaban J connectivity index is 1.17. The molecule has 0 aromatic heterocycles. The first-order valence-corrected chi connectivity index (χ1v) is 12.8. The van der Waals surface area contributed by atoms with Gasteiger partial charge in [-0.2, -0.15) is 0 Å². The largest absolute Gasteiger partial charge is 0.453 e. The smallest absolute Gasteiger partial charge is 0.409 e. The second kappa shape index (κ2) is 9.72. The topological polar surface area (TPSA) is 102 Å². The Bertz CT molecular complexity index is 1060. The normalized spacial score (nSPS) is 24.6. The lowest BCUT2D eigenvalue weighted by Crippen LogP contribution is -2.52. The molecule has 194 valence electrons. The van der Waals surface area contributed by atoms with Crippen LogP contribution in [0, 0.1) is 5.41 Å². The van der Waals surface area contributed by atoms with Crippen molar-refractivity contribution in [2.45, 2.75) is 45.2 Å². The van der Waals surface area contributed by atoms with E-state index in [0.29, 0.717) is 31.6 Å². The number of hydrogen-bond donors (Lipinski definition) is 1. The molecular formula is C26H35N5O5. The van der Waals surface area contributed by atoms with Crippen molar-refractivity contribution in [2.75, 3.05) is 57.8 Å². The second-order valence-corrected chi connectivity index (χ2v) is 10.8. The number of piperidine rings is 2. The zero-order valence-corrected chi connectivity index (χ0v) is 21.1. The first kappa shape index (κ1) is 24.5. The average molecular weight is 498 g/mol. The van der Waals surface area contributed by atoms with Crippen LogP contribution in [0.4, 0.5) is 10.5 Å². The summed E-state index contributed by atoms with van der Waals surface area (Å²) in [6.07, 6.45) is 2.53. The van der Waals surface area contributed by atoms with Crippen LogP contribution in [0.1, 0.15) is 48.5 Å². The highest BCUT2D eigenvalue weighted by Gasteiger charge is 2.39. The minimum absolute atomic E-state index is 0.135. The first-order valence-electron chi connectivity index (χ1n) is 12.8. The highest BCUT2D eigenvalue weighted by molar-refractivity contribution is 6.05. The van der Waals surface area contributed by atoms with Gasteiger partial charge in [-0.25, -0.2) is 4.79 Å². The molecule has 0 spiro atoms. The molecule has 10 nitrogen and oxygen atoms in total. The van der Waals surface area contributed by atoms with E-state index in [0.717, 1.165) is 56.8 Å². The van der Waals surface area contributed by atoms with Crippen LogP contribution >= 0.6 is 0 Å². The Morgan fingerprint density at radius 1 is 1.08 bits per heavy atom. The van der Waals surface area contributed by atoms with Gasteiger partial charge in [0.05, 0.1) is 7.11 Å². The molecule has 10 heteroatoms. The van der Waals surface area contributed by atoms with Crippen molar-refractivity contribution in [3.63, 3.8) is 0 Å². The molecule has 0 aliphatic carbocycles. The molecule has 0 radical (unpaired) electrons. The summed E-state index contributed by atoms with van der Waals surface area (Å²) in [6, 6.07) is 5.40. The number of rotatable bonds is 4. The van der Waals surface area contributed by atoms with E-state index in [1.54, 1.807) is 9.80 Å². The molecule has 1 aromatic carbocycles. The number of ether oxygens (including phenoxy) is 1. The number of nitrogens with one attached hydrogen (secondary N) is 1. The van der Waals surface area contributed by atoms with Crippen molar-refractivity contribution < 1.29 is 23.9 Å². The van der Waals surface area contributed by atoms with Gasteiger partial charge >= 0.3 is 6.09 Å². The van der Waals surface area contributed by atoms with E-state index in [2.05, 4.69) is 28.1 Å². The zero-order valence-electron chi connectivity index (χ0n) is 21.1. The van der Waals surface area contributed by atoms with Crippen molar-refractivity contribution in [1.29, 1.82) is 0 Å². The minimum Gasteiger partial charge on any atom is -0.453 e. The van der Waals surface area contributed by atoms with Gasteiger partial charge in [0, 0.05) is 70.0 Å². The predicted octanol–water partition coefficient (Wildman–Crippen LogP) is 1.44. The Morgan fingerprint density at radius 2 is 1.81 bits per heavy atom. The maximum Gasteiger partial charge on any atom is 0.409 e. The molecule has 36 heavy (non-hydrogen) atoms. The molecule has 4 aliphatic heterocycles. The summed E-state index contributed by atoms with van der Waals surface area (Å²) in [5.74, 6) is -0.789. The van der Waals surface area contributed by atoms with Gasteiger partial charge in [-0.05, 0) is 48.4 Å². The van der Waals surface area contributed by atoms with Crippen LogP contribution in [0.15, 0.2) is 18.2 Å². The number of carbonyl (C=O) groups excluding carboxylic acids is 4. The SMILES string of the molecule is COC(=O)N1CCN(CC2(C)CCN(c3ccc4c(c3)CN(C3CCC(=O)NC3=O)C4=O)CC2)CC1. The summed E-state index contributed by atoms with van der Waals surface area (Å²) >= 11 is 0. The van der Waals surface area contributed by atoms with E-state index in [1.165, 1.54) is 7.11 Å². The standard InChI is InChI=1S/C26H35N5O5/c1-26(17-28-11-13-30(14-12-28)25(35)36-2)7-9-29(10-8-26)19-3-4-20-18(15-19)16-31(24(20)34)21-5-6-22(32)27-23(21)33/h3-4,15,21H,5-14,16-17H2,1-2H3,(H,27,32,33). The van der Waals surface area contributed by atoms with Crippen molar-refractivity contribution >= 4 is 29.5 Å². The lowest BCUT2D eigenvalue weighted by Gasteiger charge is -2.44. The number of anilines is 1. The van der Waals surface area contributed by atoms with E-state index in [-0.39, 0.29) is 35.7 Å². The molecule has 3 fully saturated rings. The lowest BCUT2D eigenvalue weighted by molar-refractivity contribution is -0.136. The summed E-state index contributed by atoms with van der Waals surface area (Å²) in [6.45, 7) is 8.83. The van der Waals surface area contributed by atoms with Gasteiger partial charge in [-0.3, -0.25) is 24.6 Å². The molecule has 0 saturated carbocycles. The van der Waals surface area contributed by atoms with Gasteiger partial charge in [0.1, 0.15) is 6.04 Å². The number of nitrogens with zero attached hydrogens (tertiary/aromatic N) is 4. The van der Waals surface area contributed by atoms with Crippen molar-refractivity contribution in [3.05, 3.63) is 29.3 Å².